The van der Waals surface area contributed by atoms with Crippen molar-refractivity contribution in [2.45, 2.75) is 20.3 Å². The highest BCUT2D eigenvalue weighted by molar-refractivity contribution is 5.94. The number of carbonyl (C=O) groups excluding carboxylic acids is 2. The van der Waals surface area contributed by atoms with E-state index < -0.39 is 0 Å². The molecule has 0 atom stereocenters. The molecule has 2 aromatic carbocycles. The summed E-state index contributed by atoms with van der Waals surface area (Å²) in [6.07, 6.45) is 0.282. The van der Waals surface area contributed by atoms with Crippen molar-refractivity contribution in [1.29, 1.82) is 0 Å². The van der Waals surface area contributed by atoms with E-state index >= 15 is 0 Å². The minimum absolute atomic E-state index is 0.0292. The van der Waals surface area contributed by atoms with Crippen LogP contribution in [0.5, 0.6) is 0 Å². The van der Waals surface area contributed by atoms with Gasteiger partial charge >= 0.3 is 0 Å². The molecule has 0 bridgehead atoms. The zero-order valence-corrected chi connectivity index (χ0v) is 12.8. The molecular weight excluding hydrogens is 276 g/mol. The Kier molecular flexibility index (Phi) is 5.31. The first-order chi connectivity index (χ1) is 10.5. The third-order valence-electron chi connectivity index (χ3n) is 3.39. The van der Waals surface area contributed by atoms with Crippen molar-refractivity contribution in [3.8, 4) is 0 Å². The Bertz CT molecular complexity index is 663. The average molecular weight is 296 g/mol. The number of anilines is 1. The molecule has 0 aliphatic heterocycles. The molecule has 0 radical (unpaired) electrons. The van der Waals surface area contributed by atoms with Gasteiger partial charge in [-0.2, -0.15) is 0 Å². The first-order valence-corrected chi connectivity index (χ1v) is 7.22. The third kappa shape index (κ3) is 4.74. The second kappa shape index (κ2) is 7.41. The molecule has 4 heteroatoms. The van der Waals surface area contributed by atoms with E-state index in [4.69, 9.17) is 0 Å². The van der Waals surface area contributed by atoms with Gasteiger partial charge < -0.3 is 10.6 Å². The van der Waals surface area contributed by atoms with Gasteiger partial charge in [-0.05, 0) is 37.1 Å². The van der Waals surface area contributed by atoms with Crippen LogP contribution in [-0.2, 0) is 16.0 Å². The molecule has 0 aromatic heterocycles. The predicted molar refractivity (Wildman–Crippen MR) is 87.7 cm³/mol. The van der Waals surface area contributed by atoms with Gasteiger partial charge in [-0.25, -0.2) is 0 Å². The van der Waals surface area contributed by atoms with Gasteiger partial charge in [0.15, 0.2) is 0 Å². The second-order valence-electron chi connectivity index (χ2n) is 5.29. The smallest absolute Gasteiger partial charge is 0.243 e. The van der Waals surface area contributed by atoms with Crippen LogP contribution < -0.4 is 10.6 Å². The monoisotopic (exact) mass is 296 g/mol. The van der Waals surface area contributed by atoms with Gasteiger partial charge in [0.1, 0.15) is 0 Å². The Morgan fingerprint density at radius 2 is 1.59 bits per heavy atom. The third-order valence-corrected chi connectivity index (χ3v) is 3.39. The minimum Gasteiger partial charge on any atom is -0.347 e. The molecule has 2 N–H and O–H groups in total. The fourth-order valence-corrected chi connectivity index (χ4v) is 2.06. The summed E-state index contributed by atoms with van der Waals surface area (Å²) in [7, 11) is 0. The molecule has 22 heavy (non-hydrogen) atoms. The maximum absolute atomic E-state index is 11.9. The maximum Gasteiger partial charge on any atom is 0.243 e. The fraction of sp³-hybridized carbons (Fsp3) is 0.222. The van der Waals surface area contributed by atoms with Gasteiger partial charge in [-0.3, -0.25) is 9.59 Å². The molecule has 0 saturated heterocycles. The van der Waals surface area contributed by atoms with Crippen LogP contribution >= 0.6 is 0 Å². The lowest BCUT2D eigenvalue weighted by Crippen LogP contribution is -2.33. The van der Waals surface area contributed by atoms with Crippen molar-refractivity contribution in [1.82, 2.24) is 5.32 Å². The lowest BCUT2D eigenvalue weighted by Gasteiger charge is -2.08. The number of benzene rings is 2. The average Bonchev–Trinajstić information content (AvgIpc) is 2.50. The van der Waals surface area contributed by atoms with E-state index in [1.807, 2.05) is 62.4 Å². The van der Waals surface area contributed by atoms with Gasteiger partial charge in [0.05, 0.1) is 13.0 Å². The summed E-state index contributed by atoms with van der Waals surface area (Å²) in [4.78, 5) is 23.7. The normalized spacial score (nSPS) is 10.1. The molecule has 0 unspecified atom stereocenters. The fourth-order valence-electron chi connectivity index (χ4n) is 2.06. The summed E-state index contributed by atoms with van der Waals surface area (Å²) >= 11 is 0. The van der Waals surface area contributed by atoms with Crippen LogP contribution in [0.2, 0.25) is 0 Å². The highest BCUT2D eigenvalue weighted by Crippen LogP contribution is 2.08. The molecule has 0 aliphatic carbocycles. The van der Waals surface area contributed by atoms with E-state index in [0.29, 0.717) is 0 Å². The van der Waals surface area contributed by atoms with E-state index in [-0.39, 0.29) is 24.8 Å². The van der Waals surface area contributed by atoms with Crippen LogP contribution in [0.4, 0.5) is 5.69 Å². The minimum atomic E-state index is -0.234. The van der Waals surface area contributed by atoms with Crippen molar-refractivity contribution in [3.63, 3.8) is 0 Å². The standard InChI is InChI=1S/C18H20N2O2/c1-13-7-9-16(10-8-13)20-18(22)12-19-17(21)11-15-6-4-3-5-14(15)2/h3-10H,11-12H2,1-2H3,(H,19,21)(H,20,22). The van der Waals surface area contributed by atoms with E-state index in [1.54, 1.807) is 0 Å². The molecular formula is C18H20N2O2. The Balaban J connectivity index is 1.79. The number of hydrogen-bond acceptors (Lipinski definition) is 2. The highest BCUT2D eigenvalue weighted by atomic mass is 16.2. The van der Waals surface area contributed by atoms with Crippen LogP contribution in [0.3, 0.4) is 0 Å². The quantitative estimate of drug-likeness (QED) is 0.891. The molecule has 4 nitrogen and oxygen atoms in total. The zero-order chi connectivity index (χ0) is 15.9. The van der Waals surface area contributed by atoms with Crippen molar-refractivity contribution in [2.75, 3.05) is 11.9 Å². The summed E-state index contributed by atoms with van der Waals surface area (Å²) in [6, 6.07) is 15.2. The molecule has 0 heterocycles. The zero-order valence-electron chi connectivity index (χ0n) is 12.8. The summed E-state index contributed by atoms with van der Waals surface area (Å²) < 4.78 is 0. The molecule has 0 fully saturated rings. The van der Waals surface area contributed by atoms with E-state index in [1.165, 1.54) is 0 Å². The van der Waals surface area contributed by atoms with Gasteiger partial charge in [0.25, 0.3) is 0 Å². The lowest BCUT2D eigenvalue weighted by atomic mass is 10.1. The van der Waals surface area contributed by atoms with Crippen LogP contribution in [0.25, 0.3) is 0 Å². The second-order valence-corrected chi connectivity index (χ2v) is 5.29. The van der Waals surface area contributed by atoms with Crippen molar-refractivity contribution < 1.29 is 9.59 Å². The maximum atomic E-state index is 11.9. The van der Waals surface area contributed by atoms with E-state index in [0.717, 1.165) is 22.4 Å². The van der Waals surface area contributed by atoms with Gasteiger partial charge in [-0.15, -0.1) is 0 Å². The largest absolute Gasteiger partial charge is 0.347 e. The highest BCUT2D eigenvalue weighted by Gasteiger charge is 2.08. The van der Waals surface area contributed by atoms with Crippen molar-refractivity contribution in [2.24, 2.45) is 0 Å². The summed E-state index contributed by atoms with van der Waals surface area (Å²) in [5.74, 6) is -0.393. The lowest BCUT2D eigenvalue weighted by molar-refractivity contribution is -0.123. The van der Waals surface area contributed by atoms with Gasteiger partial charge in [0, 0.05) is 5.69 Å². The number of nitrogens with one attached hydrogen (secondary N) is 2. The van der Waals surface area contributed by atoms with Crippen molar-refractivity contribution >= 4 is 17.5 Å². The summed E-state index contributed by atoms with van der Waals surface area (Å²) in [6.45, 7) is 3.92. The Morgan fingerprint density at radius 3 is 2.27 bits per heavy atom. The first-order valence-electron chi connectivity index (χ1n) is 7.22. The molecule has 2 amide bonds. The first kappa shape index (κ1) is 15.8. The number of aryl methyl sites for hydroxylation is 2. The molecule has 2 rings (SSSR count). The van der Waals surface area contributed by atoms with Gasteiger partial charge in [0.2, 0.25) is 11.8 Å². The van der Waals surface area contributed by atoms with E-state index in [9.17, 15) is 9.59 Å². The number of hydrogen-bond donors (Lipinski definition) is 2. The number of carbonyl (C=O) groups is 2. The SMILES string of the molecule is Cc1ccc(NC(=O)CNC(=O)Cc2ccccc2C)cc1. The van der Waals surface area contributed by atoms with E-state index in [2.05, 4.69) is 10.6 Å². The Labute approximate surface area is 130 Å². The molecule has 114 valence electrons. The van der Waals surface area contributed by atoms with Gasteiger partial charge in [-0.1, -0.05) is 42.0 Å². The van der Waals surface area contributed by atoms with Crippen LogP contribution in [0.15, 0.2) is 48.5 Å². The Hall–Kier alpha value is -2.62. The molecule has 0 spiro atoms. The van der Waals surface area contributed by atoms with Crippen LogP contribution in [0.1, 0.15) is 16.7 Å². The summed E-state index contributed by atoms with van der Waals surface area (Å²) in [5.41, 5.74) is 3.90. The Morgan fingerprint density at radius 1 is 0.909 bits per heavy atom. The molecule has 0 aliphatic rings. The van der Waals surface area contributed by atoms with Crippen LogP contribution in [-0.4, -0.2) is 18.4 Å². The van der Waals surface area contributed by atoms with Crippen molar-refractivity contribution in [3.05, 3.63) is 65.2 Å². The summed E-state index contributed by atoms with van der Waals surface area (Å²) in [5, 5.41) is 5.38. The van der Waals surface area contributed by atoms with Crippen LogP contribution in [0, 0.1) is 13.8 Å². The topological polar surface area (TPSA) is 58.2 Å². The number of rotatable bonds is 5. The molecule has 2 aromatic rings. The molecule has 0 saturated carbocycles. The number of amides is 2. The predicted octanol–water partition coefficient (Wildman–Crippen LogP) is 2.60.